The second-order valence-corrected chi connectivity index (χ2v) is 5.60. The number of urea groups is 1. The van der Waals surface area contributed by atoms with Crippen LogP contribution in [0.15, 0.2) is 0 Å². The Balaban J connectivity index is 2.70. The van der Waals surface area contributed by atoms with Gasteiger partial charge in [-0.15, -0.1) is 11.6 Å². The lowest BCUT2D eigenvalue weighted by Crippen LogP contribution is -2.25. The number of carbonyl (C=O) groups excluding carboxylic acids is 1. The molecule has 0 saturated carbocycles. The Morgan fingerprint density at radius 1 is 1.62 bits per heavy atom. The van der Waals surface area contributed by atoms with E-state index in [1.165, 1.54) is 11.9 Å². The fraction of sp³-hybridized carbons (Fsp3) is 0.833. The maximum Gasteiger partial charge on any atom is 0.327 e. The van der Waals surface area contributed by atoms with Gasteiger partial charge in [0.25, 0.3) is 0 Å². The first-order chi connectivity index (χ1) is 6.01. The van der Waals surface area contributed by atoms with E-state index in [-0.39, 0.29) is 24.8 Å². The summed E-state index contributed by atoms with van der Waals surface area (Å²) in [6.07, 6.45) is 0.138. The van der Waals surface area contributed by atoms with Gasteiger partial charge >= 0.3 is 13.6 Å². The fourth-order valence-electron chi connectivity index (χ4n) is 1.11. The summed E-state index contributed by atoms with van der Waals surface area (Å²) in [7, 11) is 0.0943. The zero-order chi connectivity index (χ0) is 10.1. The van der Waals surface area contributed by atoms with Crippen molar-refractivity contribution in [3.05, 3.63) is 0 Å². The Morgan fingerprint density at radius 2 is 2.23 bits per heavy atom. The number of hydrogen-bond donors (Lipinski definition) is 0. The third-order valence-corrected chi connectivity index (χ3v) is 4.43. The second-order valence-electron chi connectivity index (χ2n) is 2.81. The molecule has 1 unspecified atom stereocenters. The van der Waals surface area contributed by atoms with Crippen LogP contribution in [0, 0.1) is 0 Å². The molecule has 76 valence electrons. The van der Waals surface area contributed by atoms with Gasteiger partial charge in [0.05, 0.1) is 6.61 Å². The molecule has 0 aromatic heterocycles. The lowest BCUT2D eigenvalue weighted by atomic mass is 10.8. The van der Waals surface area contributed by atoms with Crippen molar-refractivity contribution >= 4 is 25.2 Å². The summed E-state index contributed by atoms with van der Waals surface area (Å²) in [4.78, 5) is 12.6. The first kappa shape index (κ1) is 10.8. The molecule has 0 bridgehead atoms. The third-order valence-electron chi connectivity index (χ3n) is 1.82. The highest BCUT2D eigenvalue weighted by Gasteiger charge is 2.43. The van der Waals surface area contributed by atoms with E-state index < -0.39 is 7.52 Å². The smallest absolute Gasteiger partial charge is 0.316 e. The van der Waals surface area contributed by atoms with Gasteiger partial charge in [-0.3, -0.25) is 9.24 Å². The van der Waals surface area contributed by atoms with Crippen molar-refractivity contribution in [1.82, 2.24) is 9.57 Å². The van der Waals surface area contributed by atoms with Crippen LogP contribution < -0.4 is 0 Å². The summed E-state index contributed by atoms with van der Waals surface area (Å²) in [6.45, 7) is 0.199. The van der Waals surface area contributed by atoms with E-state index in [2.05, 4.69) is 0 Å². The molecule has 1 aliphatic heterocycles. The number of hydrogen-bond acceptors (Lipinski definition) is 3. The Labute approximate surface area is 82.1 Å². The van der Waals surface area contributed by atoms with Gasteiger partial charge < -0.3 is 9.42 Å². The normalized spacial score (nSPS) is 28.7. The molecule has 7 heteroatoms. The summed E-state index contributed by atoms with van der Waals surface area (Å²) in [5.41, 5.74) is 0. The van der Waals surface area contributed by atoms with E-state index in [1.807, 2.05) is 0 Å². The molecule has 1 heterocycles. The van der Waals surface area contributed by atoms with Crippen LogP contribution in [-0.2, 0) is 9.09 Å². The van der Waals surface area contributed by atoms with Gasteiger partial charge in [0.1, 0.15) is 6.29 Å². The molecule has 0 aromatic carbocycles. The van der Waals surface area contributed by atoms with Crippen molar-refractivity contribution in [1.29, 1.82) is 0 Å². The highest BCUT2D eigenvalue weighted by atomic mass is 35.5. The Morgan fingerprint density at radius 3 is 2.62 bits per heavy atom. The van der Waals surface area contributed by atoms with E-state index in [9.17, 15) is 9.36 Å². The molecule has 13 heavy (non-hydrogen) atoms. The van der Waals surface area contributed by atoms with Gasteiger partial charge in [0, 0.05) is 20.0 Å². The topological polar surface area (TPSA) is 49.9 Å². The molecular formula is C6H12ClN2O3P. The molecule has 0 N–H and O–H groups in total. The van der Waals surface area contributed by atoms with E-state index in [1.54, 1.807) is 7.05 Å². The van der Waals surface area contributed by atoms with Crippen molar-refractivity contribution in [3.63, 3.8) is 0 Å². The second kappa shape index (κ2) is 3.86. The monoisotopic (exact) mass is 226 g/mol. The Bertz CT molecular complexity index is 260. The summed E-state index contributed by atoms with van der Waals surface area (Å²) in [5, 5.41) is 0. The minimum absolute atomic E-state index is 0.138. The van der Waals surface area contributed by atoms with E-state index in [0.717, 1.165) is 4.67 Å². The number of rotatable bonds is 3. The van der Waals surface area contributed by atoms with Gasteiger partial charge in [0.15, 0.2) is 0 Å². The zero-order valence-corrected chi connectivity index (χ0v) is 9.22. The molecule has 1 atom stereocenters. The number of amides is 2. The van der Waals surface area contributed by atoms with Crippen LogP contribution in [0.1, 0.15) is 0 Å². The summed E-state index contributed by atoms with van der Waals surface area (Å²) < 4.78 is 18.1. The zero-order valence-electron chi connectivity index (χ0n) is 7.57. The molecule has 1 aliphatic rings. The Hall–Kier alpha value is -0.250. The molecule has 0 aromatic rings. The van der Waals surface area contributed by atoms with Crippen LogP contribution in [0.5, 0.6) is 0 Å². The summed E-state index contributed by atoms with van der Waals surface area (Å²) >= 11 is 5.40. The summed E-state index contributed by atoms with van der Waals surface area (Å²) in [5.74, 6) is 0.274. The largest absolute Gasteiger partial charge is 0.327 e. The number of halogens is 1. The minimum atomic E-state index is -2.96. The molecule has 0 spiro atoms. The van der Waals surface area contributed by atoms with E-state index in [0.29, 0.717) is 0 Å². The minimum Gasteiger partial charge on any atom is -0.316 e. The van der Waals surface area contributed by atoms with Crippen molar-refractivity contribution in [2.24, 2.45) is 0 Å². The van der Waals surface area contributed by atoms with Gasteiger partial charge in [-0.25, -0.2) is 4.79 Å². The molecule has 5 nitrogen and oxygen atoms in total. The predicted octanol–water partition coefficient (Wildman–Crippen LogP) is 1.39. The van der Waals surface area contributed by atoms with Gasteiger partial charge in [-0.1, -0.05) is 0 Å². The lowest BCUT2D eigenvalue weighted by molar-refractivity contribution is 0.208. The van der Waals surface area contributed by atoms with Gasteiger partial charge in [-0.05, 0) is 0 Å². The van der Waals surface area contributed by atoms with Crippen molar-refractivity contribution in [2.75, 3.05) is 32.9 Å². The number of nitrogens with zero attached hydrogens (tertiary/aromatic N) is 2. The summed E-state index contributed by atoms with van der Waals surface area (Å²) in [6, 6.07) is -0.280. The standard InChI is InChI=1S/C6H12ClN2O3P/c1-8-5-13(11,12-4-3-7)9(2)6(8)10/h3-5H2,1-2H3. The third kappa shape index (κ3) is 1.98. The van der Waals surface area contributed by atoms with Crippen molar-refractivity contribution in [3.8, 4) is 0 Å². The number of alkyl halides is 1. The van der Waals surface area contributed by atoms with Gasteiger partial charge in [-0.2, -0.15) is 0 Å². The maximum atomic E-state index is 11.9. The molecule has 0 radical (unpaired) electrons. The highest BCUT2D eigenvalue weighted by molar-refractivity contribution is 7.57. The van der Waals surface area contributed by atoms with Crippen LogP contribution >= 0.6 is 19.1 Å². The fourth-order valence-corrected chi connectivity index (χ4v) is 3.18. The SMILES string of the molecule is CN1CP(=O)(OCCCl)N(C)C1=O. The van der Waals surface area contributed by atoms with Crippen LogP contribution in [0.25, 0.3) is 0 Å². The molecule has 1 saturated heterocycles. The van der Waals surface area contributed by atoms with Crippen LogP contribution in [0.4, 0.5) is 4.79 Å². The highest BCUT2D eigenvalue weighted by Crippen LogP contribution is 2.54. The van der Waals surface area contributed by atoms with E-state index in [4.69, 9.17) is 16.1 Å². The van der Waals surface area contributed by atoms with Crippen LogP contribution in [-0.4, -0.2) is 48.5 Å². The van der Waals surface area contributed by atoms with Crippen molar-refractivity contribution in [2.45, 2.75) is 0 Å². The van der Waals surface area contributed by atoms with Crippen LogP contribution in [0.3, 0.4) is 0 Å². The van der Waals surface area contributed by atoms with Crippen molar-refractivity contribution < 1.29 is 13.9 Å². The first-order valence-corrected chi connectivity index (χ1v) is 6.10. The molecule has 1 rings (SSSR count). The Kier molecular flexibility index (Phi) is 3.22. The van der Waals surface area contributed by atoms with Crippen LogP contribution in [0.2, 0.25) is 0 Å². The predicted molar refractivity (Wildman–Crippen MR) is 50.1 cm³/mol. The quantitative estimate of drug-likeness (QED) is 0.540. The van der Waals surface area contributed by atoms with Gasteiger partial charge in [0.2, 0.25) is 0 Å². The lowest BCUT2D eigenvalue weighted by Gasteiger charge is -2.17. The molecule has 2 amide bonds. The molecule has 0 aliphatic carbocycles. The number of carbonyl (C=O) groups is 1. The average molecular weight is 227 g/mol. The average Bonchev–Trinajstić information content (AvgIpc) is 2.28. The first-order valence-electron chi connectivity index (χ1n) is 3.80. The molecule has 1 fully saturated rings. The maximum absolute atomic E-state index is 11.9. The molecular weight excluding hydrogens is 215 g/mol. The van der Waals surface area contributed by atoms with E-state index >= 15 is 0 Å².